The summed E-state index contributed by atoms with van der Waals surface area (Å²) in [6.07, 6.45) is 7.16. The number of aromatic amines is 1. The zero-order valence-corrected chi connectivity index (χ0v) is 26.3. The van der Waals surface area contributed by atoms with E-state index in [0.717, 1.165) is 25.7 Å². The highest BCUT2D eigenvalue weighted by atomic mass is 16.5. The Bertz CT molecular complexity index is 1360. The number of isocyanates is 2. The molecule has 1 heterocycles. The Morgan fingerprint density at radius 1 is 0.907 bits per heavy atom. The second-order valence-corrected chi connectivity index (χ2v) is 14.6. The lowest BCUT2D eigenvalue weighted by Crippen LogP contribution is -2.45. The van der Waals surface area contributed by atoms with Crippen LogP contribution in [0.15, 0.2) is 14.8 Å². The van der Waals surface area contributed by atoms with E-state index in [2.05, 4.69) is 63.6 Å². The largest absolute Gasteiger partial charge is 0.444 e. The van der Waals surface area contributed by atoms with Gasteiger partial charge < -0.3 is 15.4 Å². The third-order valence-corrected chi connectivity index (χ3v) is 8.45. The summed E-state index contributed by atoms with van der Waals surface area (Å²) in [5, 5.41) is 8.17. The third kappa shape index (κ3) is 9.86. The Hall–Kier alpha value is -3.82. The van der Waals surface area contributed by atoms with E-state index in [1.54, 1.807) is 19.1 Å². The molecule has 0 saturated heterocycles. The molecule has 2 aliphatic rings. The fraction of sp³-hybridized carbons (Fsp3) is 0.733. The van der Waals surface area contributed by atoms with Gasteiger partial charge in [0.05, 0.1) is 23.3 Å². The molecule has 236 valence electrons. The van der Waals surface area contributed by atoms with Crippen molar-refractivity contribution in [2.24, 2.45) is 31.6 Å². The number of nitrogens with zero attached hydrogens (tertiary/aromatic N) is 3. The van der Waals surface area contributed by atoms with Crippen molar-refractivity contribution in [3.63, 3.8) is 0 Å². The Balaban J connectivity index is 1.53. The van der Waals surface area contributed by atoms with Gasteiger partial charge in [-0.15, -0.1) is 0 Å². The van der Waals surface area contributed by atoms with Crippen molar-refractivity contribution in [2.45, 2.75) is 106 Å². The summed E-state index contributed by atoms with van der Waals surface area (Å²) in [6, 6.07) is -0.832. The van der Waals surface area contributed by atoms with Gasteiger partial charge in [0.15, 0.2) is 0 Å². The number of anilines is 1. The van der Waals surface area contributed by atoms with Crippen molar-refractivity contribution in [3.8, 4) is 0 Å². The molecule has 0 spiro atoms. The fourth-order valence-corrected chi connectivity index (χ4v) is 7.52. The van der Waals surface area contributed by atoms with Crippen LogP contribution in [0, 0.1) is 28.6 Å². The zero-order chi connectivity index (χ0) is 32.1. The van der Waals surface area contributed by atoms with Crippen LogP contribution in [0.3, 0.4) is 0 Å². The summed E-state index contributed by atoms with van der Waals surface area (Å²) in [4.78, 5) is 74.1. The minimum atomic E-state index is -0.680. The highest BCUT2D eigenvalue weighted by Gasteiger charge is 2.42. The minimum Gasteiger partial charge on any atom is -0.444 e. The highest BCUT2D eigenvalue weighted by Crippen LogP contribution is 2.47. The van der Waals surface area contributed by atoms with Gasteiger partial charge in [0, 0.05) is 13.1 Å². The Labute approximate surface area is 252 Å². The van der Waals surface area contributed by atoms with Crippen molar-refractivity contribution >= 4 is 30.2 Å². The average Bonchev–Trinajstić information content (AvgIpc) is 2.84. The fourth-order valence-electron chi connectivity index (χ4n) is 7.52. The number of H-pyrrole nitrogens is 1. The second kappa shape index (κ2) is 13.2. The van der Waals surface area contributed by atoms with Crippen LogP contribution >= 0.6 is 0 Å². The lowest BCUT2D eigenvalue weighted by atomic mass is 9.62. The lowest BCUT2D eigenvalue weighted by Gasteiger charge is -2.45. The summed E-state index contributed by atoms with van der Waals surface area (Å²) in [5.74, 6) is -0.0360. The summed E-state index contributed by atoms with van der Waals surface area (Å²) >= 11 is 0. The topological polar surface area (TPSA) is 184 Å². The molecule has 13 nitrogen and oxygen atoms in total. The summed E-state index contributed by atoms with van der Waals surface area (Å²) in [7, 11) is 0. The number of aliphatic imine (C=N–C) groups is 2. The van der Waals surface area contributed by atoms with Gasteiger partial charge in [0.2, 0.25) is 18.1 Å². The van der Waals surface area contributed by atoms with Gasteiger partial charge in [0.25, 0.3) is 5.56 Å². The standard InChI is InChI=1S/C30H45N7O6/c1-19-22(12-43-26(42)32-16-30(7)11-21(34-18-39)9-28(4,5)14-30)23(40)36-24(35-19)37-25(41)31-15-29(6)10-20(33-17-38)8-27(2,3)13-29/h20-21H,8-16H2,1-7H3,(H,32,42)(H3,31,35,36,37,40,41). The number of rotatable bonds is 9. The smallest absolute Gasteiger partial charge is 0.407 e. The van der Waals surface area contributed by atoms with E-state index in [1.807, 2.05) is 13.8 Å². The van der Waals surface area contributed by atoms with Crippen molar-refractivity contribution in [2.75, 3.05) is 18.4 Å². The number of ether oxygens (including phenoxy) is 1. The molecule has 0 radical (unpaired) electrons. The Morgan fingerprint density at radius 2 is 1.42 bits per heavy atom. The number of aryl methyl sites for hydroxylation is 1. The first-order chi connectivity index (χ1) is 20.0. The van der Waals surface area contributed by atoms with E-state index >= 15 is 0 Å². The number of carbonyl (C=O) groups excluding carboxylic acids is 4. The van der Waals surface area contributed by atoms with Crippen LogP contribution in [-0.2, 0) is 20.9 Å². The Kier molecular flexibility index (Phi) is 10.4. The first kappa shape index (κ1) is 33.7. The predicted octanol–water partition coefficient (Wildman–Crippen LogP) is 4.27. The van der Waals surface area contributed by atoms with Crippen molar-refractivity contribution in [3.05, 3.63) is 21.6 Å². The monoisotopic (exact) mass is 599 g/mol. The molecule has 4 unspecified atom stereocenters. The zero-order valence-electron chi connectivity index (χ0n) is 26.3. The van der Waals surface area contributed by atoms with Crippen LogP contribution in [0.25, 0.3) is 0 Å². The summed E-state index contributed by atoms with van der Waals surface area (Å²) < 4.78 is 5.31. The van der Waals surface area contributed by atoms with Crippen LogP contribution < -0.4 is 21.5 Å². The molecule has 2 aliphatic carbocycles. The van der Waals surface area contributed by atoms with Gasteiger partial charge >= 0.3 is 12.1 Å². The normalized spacial score (nSPS) is 27.5. The van der Waals surface area contributed by atoms with Gasteiger partial charge in [-0.3, -0.25) is 15.1 Å². The van der Waals surface area contributed by atoms with Gasteiger partial charge in [0.1, 0.15) is 6.61 Å². The first-order valence-electron chi connectivity index (χ1n) is 14.7. The molecule has 1 aromatic rings. The van der Waals surface area contributed by atoms with Crippen LogP contribution in [-0.4, -0.2) is 59.4 Å². The second-order valence-electron chi connectivity index (χ2n) is 14.6. The van der Waals surface area contributed by atoms with Crippen LogP contribution in [0.1, 0.15) is 91.3 Å². The molecule has 2 saturated carbocycles. The quantitative estimate of drug-likeness (QED) is 0.241. The molecular weight excluding hydrogens is 554 g/mol. The number of amides is 3. The third-order valence-electron chi connectivity index (χ3n) is 8.45. The van der Waals surface area contributed by atoms with Crippen LogP contribution in [0.5, 0.6) is 0 Å². The SMILES string of the molecule is Cc1nc(NC(=O)NCC2(C)CC(N=C=O)CC(C)(C)C2)[nH]c(=O)c1COC(=O)NCC1(C)CC(N=C=O)CC(C)(C)C1. The maximum atomic E-state index is 12.7. The number of carbonyl (C=O) groups is 2. The van der Waals surface area contributed by atoms with Gasteiger partial charge in [-0.1, -0.05) is 41.5 Å². The molecule has 3 amide bonds. The van der Waals surface area contributed by atoms with E-state index in [9.17, 15) is 24.0 Å². The van der Waals surface area contributed by atoms with Crippen molar-refractivity contribution in [1.29, 1.82) is 0 Å². The molecule has 1 aromatic heterocycles. The van der Waals surface area contributed by atoms with Gasteiger partial charge in [-0.05, 0) is 67.1 Å². The average molecular weight is 600 g/mol. The molecular formula is C30H45N7O6. The number of nitrogens with one attached hydrogen (secondary N) is 4. The minimum absolute atomic E-state index is 0.0360. The molecule has 13 heteroatoms. The van der Waals surface area contributed by atoms with E-state index in [4.69, 9.17) is 4.74 Å². The number of hydrogen-bond donors (Lipinski definition) is 4. The Morgan fingerprint density at radius 3 is 1.91 bits per heavy atom. The predicted molar refractivity (Wildman–Crippen MR) is 160 cm³/mol. The van der Waals surface area contributed by atoms with E-state index in [-0.39, 0.29) is 51.9 Å². The van der Waals surface area contributed by atoms with Crippen LogP contribution in [0.2, 0.25) is 0 Å². The molecule has 0 aromatic carbocycles. The summed E-state index contributed by atoms with van der Waals surface area (Å²) in [5.41, 5.74) is -0.742. The van der Waals surface area contributed by atoms with Gasteiger partial charge in [-0.2, -0.15) is 0 Å². The molecule has 2 fully saturated rings. The molecule has 43 heavy (non-hydrogen) atoms. The number of alkyl carbamates (subject to hydrolysis) is 1. The molecule has 4 N–H and O–H groups in total. The number of hydrogen-bond acceptors (Lipinski definition) is 9. The van der Waals surface area contributed by atoms with E-state index in [0.29, 0.717) is 31.6 Å². The lowest BCUT2D eigenvalue weighted by molar-refractivity contribution is 0.0774. The van der Waals surface area contributed by atoms with Gasteiger partial charge in [-0.25, -0.2) is 34.1 Å². The van der Waals surface area contributed by atoms with Crippen molar-refractivity contribution in [1.82, 2.24) is 20.6 Å². The van der Waals surface area contributed by atoms with Crippen LogP contribution in [0.4, 0.5) is 15.5 Å². The molecule has 0 aliphatic heterocycles. The highest BCUT2D eigenvalue weighted by molar-refractivity contribution is 5.87. The molecule has 0 bridgehead atoms. The maximum Gasteiger partial charge on any atom is 0.407 e. The van der Waals surface area contributed by atoms with Crippen molar-refractivity contribution < 1.29 is 23.9 Å². The first-order valence-corrected chi connectivity index (χ1v) is 14.7. The molecule has 3 rings (SSSR count). The number of urea groups is 1. The van der Waals surface area contributed by atoms with E-state index in [1.165, 1.54) is 0 Å². The number of aromatic nitrogens is 2. The molecule has 4 atom stereocenters. The van der Waals surface area contributed by atoms with E-state index < -0.39 is 17.7 Å². The summed E-state index contributed by atoms with van der Waals surface area (Å²) in [6.45, 7) is 14.5. The maximum absolute atomic E-state index is 12.7.